The lowest BCUT2D eigenvalue weighted by atomic mass is 10.2. The van der Waals surface area contributed by atoms with Gasteiger partial charge in [0.05, 0.1) is 12.2 Å². The second kappa shape index (κ2) is 7.27. The predicted molar refractivity (Wildman–Crippen MR) is 87.4 cm³/mol. The molecule has 0 radical (unpaired) electrons. The quantitative estimate of drug-likeness (QED) is 0.823. The third-order valence-electron chi connectivity index (χ3n) is 3.15. The minimum absolute atomic E-state index is 0.00686. The predicted octanol–water partition coefficient (Wildman–Crippen LogP) is 3.87. The van der Waals surface area contributed by atoms with Crippen molar-refractivity contribution in [2.75, 3.05) is 13.2 Å². The van der Waals surface area contributed by atoms with E-state index in [0.717, 1.165) is 22.6 Å². The molecule has 112 valence electrons. The number of amides is 1. The van der Waals surface area contributed by atoms with Crippen molar-refractivity contribution in [3.8, 4) is 5.75 Å². The molecular weight excluding hydrogens is 282 g/mol. The summed E-state index contributed by atoms with van der Waals surface area (Å²) in [5.41, 5.74) is 1.97. The molecule has 3 nitrogen and oxygen atoms in total. The van der Waals surface area contributed by atoms with Crippen molar-refractivity contribution in [1.29, 1.82) is 0 Å². The van der Waals surface area contributed by atoms with Gasteiger partial charge in [-0.3, -0.25) is 4.79 Å². The Bertz CT molecular complexity index is 619. The summed E-state index contributed by atoms with van der Waals surface area (Å²) in [5, 5.41) is 2.94. The van der Waals surface area contributed by atoms with Crippen LogP contribution in [0.1, 0.15) is 32.1 Å². The first-order chi connectivity index (χ1) is 10.1. The lowest BCUT2D eigenvalue weighted by molar-refractivity contribution is 0.0951. The number of rotatable bonds is 6. The van der Waals surface area contributed by atoms with Crippen molar-refractivity contribution in [2.45, 2.75) is 27.2 Å². The van der Waals surface area contributed by atoms with E-state index in [1.807, 2.05) is 51.1 Å². The van der Waals surface area contributed by atoms with Crippen LogP contribution in [0.15, 0.2) is 30.3 Å². The summed E-state index contributed by atoms with van der Waals surface area (Å²) in [6, 6.07) is 9.92. The van der Waals surface area contributed by atoms with E-state index in [-0.39, 0.29) is 5.91 Å². The molecule has 1 amide bonds. The fraction of sp³-hybridized carbons (Fsp3) is 0.353. The highest BCUT2D eigenvalue weighted by molar-refractivity contribution is 7.12. The second-order valence-corrected chi connectivity index (χ2v) is 6.56. The topological polar surface area (TPSA) is 38.3 Å². The van der Waals surface area contributed by atoms with Gasteiger partial charge in [-0.1, -0.05) is 12.1 Å². The largest absolute Gasteiger partial charge is 0.494 e. The Morgan fingerprint density at radius 2 is 2.05 bits per heavy atom. The minimum atomic E-state index is 0.00686. The molecule has 2 rings (SSSR count). The summed E-state index contributed by atoms with van der Waals surface area (Å²) >= 11 is 1.65. The van der Waals surface area contributed by atoms with Gasteiger partial charge in [0.1, 0.15) is 5.75 Å². The van der Waals surface area contributed by atoms with Crippen LogP contribution in [-0.2, 0) is 0 Å². The Morgan fingerprint density at radius 1 is 1.24 bits per heavy atom. The van der Waals surface area contributed by atoms with Gasteiger partial charge in [0.25, 0.3) is 5.91 Å². The fourth-order valence-corrected chi connectivity index (χ4v) is 3.04. The van der Waals surface area contributed by atoms with Gasteiger partial charge in [-0.15, -0.1) is 11.3 Å². The van der Waals surface area contributed by atoms with Crippen molar-refractivity contribution in [3.05, 3.63) is 51.2 Å². The average Bonchev–Trinajstić information content (AvgIpc) is 2.77. The number of benzene rings is 1. The van der Waals surface area contributed by atoms with E-state index in [1.165, 1.54) is 10.4 Å². The summed E-state index contributed by atoms with van der Waals surface area (Å²) < 4.78 is 5.65. The third-order valence-corrected chi connectivity index (χ3v) is 4.12. The van der Waals surface area contributed by atoms with Crippen molar-refractivity contribution in [3.63, 3.8) is 0 Å². The molecule has 2 aromatic rings. The molecule has 4 heteroatoms. The van der Waals surface area contributed by atoms with Crippen LogP contribution >= 0.6 is 11.3 Å². The Kier molecular flexibility index (Phi) is 5.39. The SMILES string of the molecule is Cc1cccc(OCCCNC(=O)c2cc(C)sc2C)c1. The normalized spacial score (nSPS) is 10.4. The maximum absolute atomic E-state index is 12.0. The maximum Gasteiger partial charge on any atom is 0.252 e. The highest BCUT2D eigenvalue weighted by atomic mass is 32.1. The summed E-state index contributed by atoms with van der Waals surface area (Å²) in [5.74, 6) is 0.887. The van der Waals surface area contributed by atoms with Gasteiger partial charge in [0, 0.05) is 16.3 Å². The van der Waals surface area contributed by atoms with Crippen LogP contribution in [0.5, 0.6) is 5.75 Å². The Hall–Kier alpha value is -1.81. The molecule has 1 N–H and O–H groups in total. The van der Waals surface area contributed by atoms with Gasteiger partial charge in [-0.05, 0) is 51.0 Å². The smallest absolute Gasteiger partial charge is 0.252 e. The van der Waals surface area contributed by atoms with Crippen molar-refractivity contribution < 1.29 is 9.53 Å². The van der Waals surface area contributed by atoms with Crippen molar-refractivity contribution >= 4 is 17.2 Å². The van der Waals surface area contributed by atoms with Gasteiger partial charge in [-0.2, -0.15) is 0 Å². The molecule has 0 unspecified atom stereocenters. The van der Waals surface area contributed by atoms with E-state index < -0.39 is 0 Å². The van der Waals surface area contributed by atoms with Crippen LogP contribution in [0.2, 0.25) is 0 Å². The first kappa shape index (κ1) is 15.6. The van der Waals surface area contributed by atoms with Crippen LogP contribution in [-0.4, -0.2) is 19.1 Å². The number of thiophene rings is 1. The first-order valence-corrected chi connectivity index (χ1v) is 7.92. The maximum atomic E-state index is 12.0. The van der Waals surface area contributed by atoms with Gasteiger partial charge in [0.2, 0.25) is 0 Å². The number of hydrogen-bond acceptors (Lipinski definition) is 3. The number of aryl methyl sites for hydroxylation is 3. The highest BCUT2D eigenvalue weighted by Gasteiger charge is 2.10. The zero-order chi connectivity index (χ0) is 15.2. The van der Waals surface area contributed by atoms with Gasteiger partial charge in [-0.25, -0.2) is 0 Å². The Balaban J connectivity index is 1.70. The van der Waals surface area contributed by atoms with E-state index in [4.69, 9.17) is 4.74 Å². The second-order valence-electron chi connectivity index (χ2n) is 5.10. The van der Waals surface area contributed by atoms with Crippen LogP contribution < -0.4 is 10.1 Å². The third kappa shape index (κ3) is 4.60. The molecule has 0 atom stereocenters. The number of ether oxygens (including phenoxy) is 1. The minimum Gasteiger partial charge on any atom is -0.494 e. The number of carbonyl (C=O) groups is 1. The average molecular weight is 303 g/mol. The van der Waals surface area contributed by atoms with E-state index in [9.17, 15) is 4.79 Å². The van der Waals surface area contributed by atoms with E-state index in [0.29, 0.717) is 13.2 Å². The van der Waals surface area contributed by atoms with E-state index >= 15 is 0 Å². The van der Waals surface area contributed by atoms with Crippen LogP contribution in [0.3, 0.4) is 0 Å². The Morgan fingerprint density at radius 3 is 2.71 bits per heavy atom. The number of hydrogen-bond donors (Lipinski definition) is 1. The first-order valence-electron chi connectivity index (χ1n) is 7.11. The summed E-state index contributed by atoms with van der Waals surface area (Å²) in [6.45, 7) is 7.26. The lowest BCUT2D eigenvalue weighted by Gasteiger charge is -2.08. The Labute approximate surface area is 130 Å². The molecule has 1 heterocycles. The lowest BCUT2D eigenvalue weighted by Crippen LogP contribution is -2.25. The standard InChI is InChI=1S/C17H21NO2S/c1-12-6-4-7-15(10-12)20-9-5-8-18-17(19)16-11-13(2)21-14(16)3/h4,6-7,10-11H,5,8-9H2,1-3H3,(H,18,19). The molecule has 0 saturated carbocycles. The molecule has 21 heavy (non-hydrogen) atoms. The molecule has 0 aliphatic carbocycles. The molecular formula is C17H21NO2S. The fourth-order valence-electron chi connectivity index (χ4n) is 2.12. The van der Waals surface area contributed by atoms with Crippen molar-refractivity contribution in [1.82, 2.24) is 5.32 Å². The molecule has 0 aliphatic heterocycles. The summed E-state index contributed by atoms with van der Waals surface area (Å²) in [6.07, 6.45) is 0.794. The molecule has 0 bridgehead atoms. The summed E-state index contributed by atoms with van der Waals surface area (Å²) in [4.78, 5) is 14.2. The van der Waals surface area contributed by atoms with E-state index in [1.54, 1.807) is 11.3 Å². The van der Waals surface area contributed by atoms with Crippen LogP contribution in [0.4, 0.5) is 0 Å². The molecule has 0 aliphatic rings. The molecule has 0 fully saturated rings. The van der Waals surface area contributed by atoms with Gasteiger partial charge in [0.15, 0.2) is 0 Å². The van der Waals surface area contributed by atoms with Gasteiger partial charge >= 0.3 is 0 Å². The molecule has 1 aromatic carbocycles. The molecule has 0 saturated heterocycles. The van der Waals surface area contributed by atoms with Crippen LogP contribution in [0, 0.1) is 20.8 Å². The monoisotopic (exact) mass is 303 g/mol. The zero-order valence-electron chi connectivity index (χ0n) is 12.7. The summed E-state index contributed by atoms with van der Waals surface area (Å²) in [7, 11) is 0. The number of carbonyl (C=O) groups excluding carboxylic acids is 1. The van der Waals surface area contributed by atoms with E-state index in [2.05, 4.69) is 5.32 Å². The highest BCUT2D eigenvalue weighted by Crippen LogP contribution is 2.20. The molecule has 1 aromatic heterocycles. The van der Waals surface area contributed by atoms with Crippen molar-refractivity contribution in [2.24, 2.45) is 0 Å². The number of nitrogens with one attached hydrogen (secondary N) is 1. The van der Waals surface area contributed by atoms with Crippen LogP contribution in [0.25, 0.3) is 0 Å². The zero-order valence-corrected chi connectivity index (χ0v) is 13.5. The molecule has 0 spiro atoms. The van der Waals surface area contributed by atoms with Gasteiger partial charge < -0.3 is 10.1 Å².